The minimum atomic E-state index is -1.03. The van der Waals surface area contributed by atoms with E-state index < -0.39 is 18.3 Å². The molecule has 29 heavy (non-hydrogen) atoms. The lowest BCUT2D eigenvalue weighted by Crippen LogP contribution is -2.35. The molecule has 5 rings (SSSR count). The van der Waals surface area contributed by atoms with E-state index in [4.69, 9.17) is 4.74 Å². The minimum Gasteiger partial charge on any atom is -0.471 e. The summed E-state index contributed by atoms with van der Waals surface area (Å²) in [4.78, 5) is 17.3. The van der Waals surface area contributed by atoms with Crippen molar-refractivity contribution in [3.8, 4) is 5.88 Å². The van der Waals surface area contributed by atoms with Crippen molar-refractivity contribution in [2.75, 3.05) is 6.54 Å². The van der Waals surface area contributed by atoms with Crippen LogP contribution in [0.15, 0.2) is 24.9 Å². The number of aromatic nitrogens is 5. The Morgan fingerprint density at radius 1 is 1.14 bits per heavy atom. The number of aliphatic hydroxyl groups excluding tert-OH is 2. The maximum Gasteiger partial charge on any atom is 0.221 e. The van der Waals surface area contributed by atoms with Gasteiger partial charge in [-0.25, -0.2) is 19.9 Å². The Balaban J connectivity index is 1.44. The van der Waals surface area contributed by atoms with E-state index >= 15 is 0 Å². The number of nitrogens with zero attached hydrogens (tertiary/aromatic N) is 5. The third-order valence-corrected chi connectivity index (χ3v) is 6.10. The summed E-state index contributed by atoms with van der Waals surface area (Å²) in [5, 5.41) is 25.8. The Morgan fingerprint density at radius 3 is 2.83 bits per heavy atom. The van der Waals surface area contributed by atoms with Crippen LogP contribution in [-0.2, 0) is 6.42 Å². The minimum absolute atomic E-state index is 0.0716. The molecule has 1 saturated carbocycles. The maximum atomic E-state index is 10.8. The Morgan fingerprint density at radius 2 is 1.97 bits per heavy atom. The summed E-state index contributed by atoms with van der Waals surface area (Å²) in [6, 6.07) is 1.66. The molecule has 152 valence electrons. The molecule has 5 atom stereocenters. The number of hydrogen-bond donors (Lipinski definition) is 3. The lowest BCUT2D eigenvalue weighted by Gasteiger charge is -2.26. The van der Waals surface area contributed by atoms with Gasteiger partial charge in [-0.1, -0.05) is 0 Å². The van der Waals surface area contributed by atoms with E-state index in [0.717, 1.165) is 41.0 Å². The highest BCUT2D eigenvalue weighted by atomic mass is 16.5. The number of nitrogens with one attached hydrogen (secondary N) is 1. The van der Waals surface area contributed by atoms with Gasteiger partial charge in [-0.15, -0.1) is 0 Å². The average Bonchev–Trinajstić information content (AvgIpc) is 3.26. The summed E-state index contributed by atoms with van der Waals surface area (Å²) in [5.74, 6) is 0.474. The van der Waals surface area contributed by atoms with E-state index in [1.165, 1.54) is 12.7 Å². The number of fused-ring (bicyclic) bond motifs is 2. The van der Waals surface area contributed by atoms with Gasteiger partial charge in [0, 0.05) is 37.0 Å². The summed E-state index contributed by atoms with van der Waals surface area (Å²) < 4.78 is 8.05. The van der Waals surface area contributed by atoms with Crippen LogP contribution in [0.2, 0.25) is 0 Å². The van der Waals surface area contributed by atoms with Crippen LogP contribution in [-0.4, -0.2) is 59.6 Å². The van der Waals surface area contributed by atoms with Crippen molar-refractivity contribution in [2.45, 2.75) is 57.1 Å². The lowest BCUT2D eigenvalue weighted by molar-refractivity contribution is -0.0179. The van der Waals surface area contributed by atoms with Crippen LogP contribution in [0.4, 0.5) is 0 Å². The summed E-state index contributed by atoms with van der Waals surface area (Å²) in [6.45, 7) is 4.83. The van der Waals surface area contributed by atoms with Crippen molar-refractivity contribution < 1.29 is 14.9 Å². The van der Waals surface area contributed by atoms with Gasteiger partial charge in [0.1, 0.15) is 36.6 Å². The van der Waals surface area contributed by atoms with Crippen LogP contribution >= 0.6 is 0 Å². The monoisotopic (exact) mass is 396 g/mol. The molecule has 0 amide bonds. The first-order chi connectivity index (χ1) is 14.0. The molecule has 1 aliphatic heterocycles. The molecule has 2 aliphatic rings. The van der Waals surface area contributed by atoms with Crippen LogP contribution in [0.3, 0.4) is 0 Å². The second-order valence-corrected chi connectivity index (χ2v) is 7.82. The second kappa shape index (κ2) is 7.01. The van der Waals surface area contributed by atoms with Crippen LogP contribution in [0.5, 0.6) is 5.88 Å². The van der Waals surface area contributed by atoms with Gasteiger partial charge in [-0.05, 0) is 19.9 Å². The van der Waals surface area contributed by atoms with E-state index in [2.05, 4.69) is 25.3 Å². The zero-order chi connectivity index (χ0) is 20.1. The van der Waals surface area contributed by atoms with Gasteiger partial charge in [0.25, 0.3) is 0 Å². The van der Waals surface area contributed by atoms with Gasteiger partial charge in [0.2, 0.25) is 5.88 Å². The topological polar surface area (TPSA) is 118 Å². The molecule has 0 bridgehead atoms. The van der Waals surface area contributed by atoms with Crippen LogP contribution < -0.4 is 10.1 Å². The number of hydrogen-bond acceptors (Lipinski definition) is 8. The zero-order valence-electron chi connectivity index (χ0n) is 16.4. The maximum absolute atomic E-state index is 10.8. The molecule has 3 aromatic heterocycles. The Kier molecular flexibility index (Phi) is 4.45. The Labute approximate surface area is 167 Å². The number of aliphatic hydroxyl groups is 2. The third-order valence-electron chi connectivity index (χ3n) is 6.10. The molecule has 0 spiro atoms. The largest absolute Gasteiger partial charge is 0.471 e. The molecule has 0 unspecified atom stereocenters. The van der Waals surface area contributed by atoms with Gasteiger partial charge >= 0.3 is 0 Å². The highest BCUT2D eigenvalue weighted by molar-refractivity contribution is 5.78. The van der Waals surface area contributed by atoms with Gasteiger partial charge in [-0.3, -0.25) is 0 Å². The van der Waals surface area contributed by atoms with E-state index in [9.17, 15) is 10.2 Å². The summed E-state index contributed by atoms with van der Waals surface area (Å²) >= 11 is 0. The fourth-order valence-electron chi connectivity index (χ4n) is 4.52. The first kappa shape index (κ1) is 18.4. The van der Waals surface area contributed by atoms with Gasteiger partial charge < -0.3 is 24.8 Å². The zero-order valence-corrected chi connectivity index (χ0v) is 16.4. The van der Waals surface area contributed by atoms with Crippen LogP contribution in [0.25, 0.3) is 11.0 Å². The molecule has 0 saturated heterocycles. The molecule has 4 heterocycles. The molecular weight excluding hydrogens is 372 g/mol. The Hall–Kier alpha value is -2.62. The van der Waals surface area contributed by atoms with Crippen molar-refractivity contribution in [1.82, 2.24) is 29.8 Å². The number of rotatable bonds is 3. The van der Waals surface area contributed by atoms with Crippen LogP contribution in [0, 0.1) is 6.92 Å². The highest BCUT2D eigenvalue weighted by Gasteiger charge is 2.45. The second-order valence-electron chi connectivity index (χ2n) is 7.82. The van der Waals surface area contributed by atoms with E-state index in [1.807, 2.05) is 30.7 Å². The first-order valence-electron chi connectivity index (χ1n) is 9.92. The molecular formula is C20H24N6O3. The predicted octanol–water partition coefficient (Wildman–Crippen LogP) is 0.851. The van der Waals surface area contributed by atoms with E-state index in [1.54, 1.807) is 0 Å². The first-order valence-corrected chi connectivity index (χ1v) is 9.92. The summed E-state index contributed by atoms with van der Waals surface area (Å²) in [6.07, 6.45) is 3.57. The van der Waals surface area contributed by atoms with Crippen molar-refractivity contribution in [1.29, 1.82) is 0 Å². The molecule has 0 aromatic carbocycles. The molecule has 9 heteroatoms. The number of aryl methyl sites for hydroxylation is 1. The van der Waals surface area contributed by atoms with E-state index in [0.29, 0.717) is 12.3 Å². The van der Waals surface area contributed by atoms with Crippen molar-refractivity contribution in [3.05, 3.63) is 41.9 Å². The SMILES string of the molecule is Cc1ncnc2c1ccn2[C@@H]1C[C@H](Oc2ncnc3c2[C@H](C)NCC3)[C@@H](O)[C@H]1O. The smallest absolute Gasteiger partial charge is 0.221 e. The third kappa shape index (κ3) is 2.97. The normalized spacial score (nSPS) is 29.2. The van der Waals surface area contributed by atoms with Gasteiger partial charge in [-0.2, -0.15) is 0 Å². The summed E-state index contributed by atoms with van der Waals surface area (Å²) in [5.41, 5.74) is 3.52. The average molecular weight is 396 g/mol. The van der Waals surface area contributed by atoms with E-state index in [-0.39, 0.29) is 12.1 Å². The predicted molar refractivity (Wildman–Crippen MR) is 105 cm³/mol. The molecule has 9 nitrogen and oxygen atoms in total. The molecule has 0 radical (unpaired) electrons. The molecule has 1 fully saturated rings. The Bertz CT molecular complexity index is 1050. The summed E-state index contributed by atoms with van der Waals surface area (Å²) in [7, 11) is 0. The van der Waals surface area contributed by atoms with Crippen molar-refractivity contribution in [3.63, 3.8) is 0 Å². The van der Waals surface area contributed by atoms with Crippen molar-refractivity contribution >= 4 is 11.0 Å². The molecule has 1 aliphatic carbocycles. The molecule has 3 N–H and O–H groups in total. The van der Waals surface area contributed by atoms with Crippen LogP contribution in [0.1, 0.15) is 42.4 Å². The highest BCUT2D eigenvalue weighted by Crippen LogP contribution is 2.37. The lowest BCUT2D eigenvalue weighted by atomic mass is 10.0. The standard InChI is InChI=1S/C20H24N6O3/c1-10-12-4-6-26(19(12)24-8-22-10)14-7-15(18(28)17(14)27)29-20-16-11(2)21-5-3-13(16)23-9-25-20/h4,6,8-9,11,14-15,17-18,21,27-28H,3,5,7H2,1-2H3/t11-,14+,15-,17-,18+/m0/s1. The quantitative estimate of drug-likeness (QED) is 0.596. The molecule has 3 aromatic rings. The van der Waals surface area contributed by atoms with Gasteiger partial charge in [0.05, 0.1) is 23.0 Å². The fourth-order valence-corrected chi connectivity index (χ4v) is 4.52. The van der Waals surface area contributed by atoms with Gasteiger partial charge in [0.15, 0.2) is 0 Å². The fraction of sp³-hybridized carbons (Fsp3) is 0.500. The van der Waals surface area contributed by atoms with Crippen molar-refractivity contribution in [2.24, 2.45) is 0 Å². The number of ether oxygens (including phenoxy) is 1.